The van der Waals surface area contributed by atoms with Crippen LogP contribution < -0.4 is 10.5 Å². The Morgan fingerprint density at radius 2 is 1.75 bits per heavy atom. The molecule has 1 rings (SSSR count). The topological polar surface area (TPSA) is 48.1 Å². The van der Waals surface area contributed by atoms with Gasteiger partial charge in [-0.15, -0.1) is 0 Å². The Labute approximate surface area is 123 Å². The summed E-state index contributed by atoms with van der Waals surface area (Å²) >= 11 is 0. The Morgan fingerprint density at radius 1 is 1.05 bits per heavy atom. The second kappa shape index (κ2) is 10.7. The molecule has 3 heteroatoms. The molecule has 1 atom stereocenters. The summed E-state index contributed by atoms with van der Waals surface area (Å²) in [5, 5.41) is 0. The molecule has 0 aliphatic heterocycles. The van der Waals surface area contributed by atoms with Crippen molar-refractivity contribution in [2.75, 3.05) is 6.61 Å². The Hall–Kier alpha value is -1.09. The number of aromatic nitrogens is 1. The molecule has 1 aromatic rings. The number of hydrogen-bond donors (Lipinski definition) is 1. The van der Waals surface area contributed by atoms with E-state index in [0.717, 1.165) is 17.7 Å². The summed E-state index contributed by atoms with van der Waals surface area (Å²) in [6.45, 7) is 4.90. The van der Waals surface area contributed by atoms with Crippen LogP contribution >= 0.6 is 0 Å². The van der Waals surface area contributed by atoms with Crippen molar-refractivity contribution in [1.29, 1.82) is 0 Å². The highest BCUT2D eigenvalue weighted by Gasteiger charge is 2.07. The number of unbranched alkanes of at least 4 members (excludes halogenated alkanes) is 6. The third-order valence-electron chi connectivity index (χ3n) is 3.59. The van der Waals surface area contributed by atoms with Crippen LogP contribution in [0.5, 0.6) is 5.75 Å². The van der Waals surface area contributed by atoms with Gasteiger partial charge in [0.05, 0.1) is 12.8 Å². The summed E-state index contributed by atoms with van der Waals surface area (Å²) in [6, 6.07) is 2.10. The van der Waals surface area contributed by atoms with E-state index in [9.17, 15) is 0 Å². The molecule has 1 heterocycles. The number of rotatable bonds is 11. The quantitative estimate of drug-likeness (QED) is 0.601. The minimum Gasteiger partial charge on any atom is -0.492 e. The van der Waals surface area contributed by atoms with Gasteiger partial charge in [0.25, 0.3) is 0 Å². The molecule has 114 valence electrons. The predicted molar refractivity (Wildman–Crippen MR) is 84.9 cm³/mol. The number of hydrogen-bond acceptors (Lipinski definition) is 3. The minimum absolute atomic E-state index is 0.0820. The van der Waals surface area contributed by atoms with E-state index in [1.807, 2.05) is 19.2 Å². The van der Waals surface area contributed by atoms with Crippen molar-refractivity contribution < 1.29 is 4.74 Å². The summed E-state index contributed by atoms with van der Waals surface area (Å²) in [6.07, 6.45) is 13.9. The van der Waals surface area contributed by atoms with Gasteiger partial charge < -0.3 is 10.5 Å². The Kier molecular flexibility index (Phi) is 9.05. The van der Waals surface area contributed by atoms with Crippen LogP contribution in [0.25, 0.3) is 0 Å². The van der Waals surface area contributed by atoms with Gasteiger partial charge in [-0.05, 0) is 25.0 Å². The van der Waals surface area contributed by atoms with Crippen molar-refractivity contribution in [2.45, 2.75) is 71.3 Å². The zero-order chi connectivity index (χ0) is 14.6. The van der Waals surface area contributed by atoms with E-state index < -0.39 is 0 Å². The fraction of sp³-hybridized carbons (Fsp3) is 0.706. The molecular formula is C17H30N2O. The van der Waals surface area contributed by atoms with E-state index >= 15 is 0 Å². The Balaban J connectivity index is 2.21. The average Bonchev–Trinajstić information content (AvgIpc) is 2.47. The molecule has 20 heavy (non-hydrogen) atoms. The highest BCUT2D eigenvalue weighted by molar-refractivity contribution is 5.25. The van der Waals surface area contributed by atoms with Gasteiger partial charge in [0, 0.05) is 12.2 Å². The lowest BCUT2D eigenvalue weighted by Gasteiger charge is -2.12. The number of pyridine rings is 1. The monoisotopic (exact) mass is 278 g/mol. The first-order valence-corrected chi connectivity index (χ1v) is 8.11. The van der Waals surface area contributed by atoms with Gasteiger partial charge in [-0.1, -0.05) is 51.9 Å². The lowest BCUT2D eigenvalue weighted by atomic mass is 10.0. The normalized spacial score (nSPS) is 12.3. The molecule has 0 spiro atoms. The molecule has 0 aliphatic rings. The Morgan fingerprint density at radius 3 is 2.45 bits per heavy atom. The van der Waals surface area contributed by atoms with Crippen LogP contribution in [-0.2, 0) is 0 Å². The molecule has 0 fully saturated rings. The molecule has 2 N–H and O–H groups in total. The van der Waals surface area contributed by atoms with Crippen LogP contribution in [-0.4, -0.2) is 11.6 Å². The van der Waals surface area contributed by atoms with Gasteiger partial charge in [-0.2, -0.15) is 0 Å². The van der Waals surface area contributed by atoms with Crippen LogP contribution in [0, 0.1) is 0 Å². The number of nitrogens with two attached hydrogens (primary N) is 1. The molecule has 0 bridgehead atoms. The maximum absolute atomic E-state index is 6.23. The van der Waals surface area contributed by atoms with Crippen LogP contribution in [0.1, 0.15) is 76.8 Å². The van der Waals surface area contributed by atoms with E-state index in [0.29, 0.717) is 6.61 Å². The number of ether oxygens (including phenoxy) is 1. The first kappa shape index (κ1) is 17.0. The lowest BCUT2D eigenvalue weighted by Crippen LogP contribution is -2.10. The van der Waals surface area contributed by atoms with Crippen molar-refractivity contribution >= 4 is 0 Å². The summed E-state index contributed by atoms with van der Waals surface area (Å²) < 4.78 is 5.46. The van der Waals surface area contributed by atoms with E-state index in [1.165, 1.54) is 44.9 Å². The Bertz CT molecular complexity index is 355. The van der Waals surface area contributed by atoms with Crippen molar-refractivity contribution in [3.8, 4) is 5.75 Å². The fourth-order valence-corrected chi connectivity index (χ4v) is 2.37. The van der Waals surface area contributed by atoms with Crippen molar-refractivity contribution in [3.05, 3.63) is 24.0 Å². The van der Waals surface area contributed by atoms with Crippen molar-refractivity contribution in [3.63, 3.8) is 0 Å². The van der Waals surface area contributed by atoms with Gasteiger partial charge in [0.15, 0.2) is 0 Å². The molecule has 0 radical (unpaired) electrons. The average molecular weight is 278 g/mol. The first-order chi connectivity index (χ1) is 9.77. The molecule has 0 saturated carbocycles. The maximum Gasteiger partial charge on any atom is 0.137 e. The van der Waals surface area contributed by atoms with Gasteiger partial charge in [-0.3, -0.25) is 4.98 Å². The zero-order valence-electron chi connectivity index (χ0n) is 13.1. The minimum atomic E-state index is 0.0820. The van der Waals surface area contributed by atoms with Crippen LogP contribution in [0.3, 0.4) is 0 Å². The third-order valence-corrected chi connectivity index (χ3v) is 3.59. The maximum atomic E-state index is 6.23. The van der Waals surface area contributed by atoms with E-state index in [4.69, 9.17) is 10.5 Å². The summed E-state index contributed by atoms with van der Waals surface area (Å²) in [5.74, 6) is 0.819. The summed E-state index contributed by atoms with van der Waals surface area (Å²) in [5.41, 5.74) is 7.31. The fourth-order valence-electron chi connectivity index (χ4n) is 2.37. The molecule has 3 nitrogen and oxygen atoms in total. The van der Waals surface area contributed by atoms with Crippen LogP contribution in [0.4, 0.5) is 0 Å². The largest absolute Gasteiger partial charge is 0.492 e. The van der Waals surface area contributed by atoms with Crippen molar-refractivity contribution in [2.24, 2.45) is 5.73 Å². The molecule has 0 saturated heterocycles. The lowest BCUT2D eigenvalue weighted by molar-refractivity contribution is 0.338. The summed E-state index contributed by atoms with van der Waals surface area (Å²) in [4.78, 5) is 4.20. The van der Waals surface area contributed by atoms with Gasteiger partial charge in [0.2, 0.25) is 0 Å². The van der Waals surface area contributed by atoms with E-state index in [-0.39, 0.29) is 6.04 Å². The van der Waals surface area contributed by atoms with Crippen molar-refractivity contribution in [1.82, 2.24) is 4.98 Å². The highest BCUT2D eigenvalue weighted by Crippen LogP contribution is 2.21. The second-order valence-electron chi connectivity index (χ2n) is 5.40. The third kappa shape index (κ3) is 6.90. The van der Waals surface area contributed by atoms with E-state index in [2.05, 4.69) is 11.9 Å². The zero-order valence-corrected chi connectivity index (χ0v) is 13.1. The molecule has 0 aromatic carbocycles. The van der Waals surface area contributed by atoms with Crippen LogP contribution in [0.15, 0.2) is 18.5 Å². The summed E-state index contributed by atoms with van der Waals surface area (Å²) in [7, 11) is 0. The molecule has 1 unspecified atom stereocenters. The van der Waals surface area contributed by atoms with Gasteiger partial charge in [-0.25, -0.2) is 0 Å². The smallest absolute Gasteiger partial charge is 0.137 e. The first-order valence-electron chi connectivity index (χ1n) is 8.11. The molecular weight excluding hydrogens is 248 g/mol. The van der Waals surface area contributed by atoms with Gasteiger partial charge >= 0.3 is 0 Å². The molecule has 0 aliphatic carbocycles. The highest BCUT2D eigenvalue weighted by atomic mass is 16.5. The van der Waals surface area contributed by atoms with Crippen LogP contribution in [0.2, 0.25) is 0 Å². The standard InChI is InChI=1S/C17H30N2O/c1-3-5-6-7-8-9-10-11-17(18)15-12-16(20-4-2)14-19-13-15/h12-14,17H,3-11,18H2,1-2H3. The molecule has 1 aromatic heterocycles. The predicted octanol–water partition coefficient (Wildman–Crippen LogP) is 4.62. The molecule has 0 amide bonds. The SMILES string of the molecule is CCCCCCCCCC(N)c1cncc(OCC)c1. The van der Waals surface area contributed by atoms with Gasteiger partial charge in [0.1, 0.15) is 5.75 Å². The van der Waals surface area contributed by atoms with E-state index in [1.54, 1.807) is 6.20 Å². The number of nitrogens with zero attached hydrogens (tertiary/aromatic N) is 1. The second-order valence-corrected chi connectivity index (χ2v) is 5.40.